The molecule has 108 valence electrons. The van der Waals surface area contributed by atoms with E-state index in [1.807, 2.05) is 38.2 Å². The van der Waals surface area contributed by atoms with E-state index in [-0.39, 0.29) is 5.91 Å². The van der Waals surface area contributed by atoms with Gasteiger partial charge in [0.25, 0.3) is 5.91 Å². The Kier molecular flexibility index (Phi) is 5.24. The van der Waals surface area contributed by atoms with Gasteiger partial charge in [-0.15, -0.1) is 0 Å². The maximum Gasteiger partial charge on any atom is 0.289 e. The lowest BCUT2D eigenvalue weighted by atomic mass is 10.2. The Morgan fingerprint density at radius 3 is 2.80 bits per heavy atom. The third-order valence-corrected chi connectivity index (χ3v) is 3.92. The lowest BCUT2D eigenvalue weighted by Gasteiger charge is -2.15. The molecule has 0 aliphatic carbocycles. The molecule has 20 heavy (non-hydrogen) atoms. The van der Waals surface area contributed by atoms with Crippen molar-refractivity contribution in [2.75, 3.05) is 18.9 Å². The molecule has 0 aliphatic heterocycles. The maximum absolute atomic E-state index is 12.3. The zero-order chi connectivity index (χ0) is 14.5. The second-order valence-corrected chi connectivity index (χ2v) is 5.92. The molecule has 0 aliphatic rings. The summed E-state index contributed by atoms with van der Waals surface area (Å²) in [5, 5.41) is 2.01. The van der Waals surface area contributed by atoms with Crippen LogP contribution in [0.5, 0.6) is 0 Å². The molecule has 2 rings (SSSR count). The van der Waals surface area contributed by atoms with Gasteiger partial charge >= 0.3 is 0 Å². The summed E-state index contributed by atoms with van der Waals surface area (Å²) in [6, 6.07) is 7.77. The molecule has 1 aromatic heterocycles. The number of fused-ring (bicyclic) bond motifs is 1. The van der Waals surface area contributed by atoms with Crippen LogP contribution in [0.15, 0.2) is 28.7 Å². The van der Waals surface area contributed by atoms with Gasteiger partial charge in [0.15, 0.2) is 5.76 Å². The standard InChI is InChI=1S/C16H20BrNO2/c1-12-6-7-14-13(10-12)11-15(20-14)16(19)18(2)9-5-3-4-8-17/h6-7,10-11H,3-5,8-9H2,1-2H3. The number of hydrogen-bond acceptors (Lipinski definition) is 2. The summed E-state index contributed by atoms with van der Waals surface area (Å²) < 4.78 is 5.63. The Morgan fingerprint density at radius 2 is 2.05 bits per heavy atom. The van der Waals surface area contributed by atoms with Crippen molar-refractivity contribution in [2.45, 2.75) is 26.2 Å². The van der Waals surface area contributed by atoms with E-state index in [1.165, 1.54) is 5.56 Å². The number of halogens is 1. The minimum absolute atomic E-state index is 0.0438. The third-order valence-electron chi connectivity index (χ3n) is 3.36. The normalized spacial score (nSPS) is 10.9. The Hall–Kier alpha value is -1.29. The van der Waals surface area contributed by atoms with E-state index in [0.717, 1.165) is 42.1 Å². The van der Waals surface area contributed by atoms with Gasteiger partial charge in [0.2, 0.25) is 0 Å². The number of rotatable bonds is 6. The topological polar surface area (TPSA) is 33.5 Å². The van der Waals surface area contributed by atoms with Crippen LogP contribution in [0.1, 0.15) is 35.4 Å². The quantitative estimate of drug-likeness (QED) is 0.579. The van der Waals surface area contributed by atoms with Crippen LogP contribution in [-0.4, -0.2) is 29.7 Å². The number of hydrogen-bond donors (Lipinski definition) is 0. The van der Waals surface area contributed by atoms with E-state index in [2.05, 4.69) is 15.9 Å². The lowest BCUT2D eigenvalue weighted by molar-refractivity contribution is 0.0763. The molecule has 0 saturated carbocycles. The second kappa shape index (κ2) is 6.93. The van der Waals surface area contributed by atoms with Gasteiger partial charge in [-0.2, -0.15) is 0 Å². The summed E-state index contributed by atoms with van der Waals surface area (Å²) >= 11 is 3.41. The van der Waals surface area contributed by atoms with Gasteiger partial charge in [-0.25, -0.2) is 0 Å². The van der Waals surface area contributed by atoms with Crippen LogP contribution >= 0.6 is 15.9 Å². The monoisotopic (exact) mass is 337 g/mol. The van der Waals surface area contributed by atoms with E-state index in [0.29, 0.717) is 5.76 Å². The van der Waals surface area contributed by atoms with Gasteiger partial charge in [-0.05, 0) is 38.0 Å². The number of unbranched alkanes of at least 4 members (excludes halogenated alkanes) is 2. The van der Waals surface area contributed by atoms with Crippen molar-refractivity contribution in [1.29, 1.82) is 0 Å². The summed E-state index contributed by atoms with van der Waals surface area (Å²) in [6.45, 7) is 2.80. The molecular weight excluding hydrogens is 318 g/mol. The fourth-order valence-electron chi connectivity index (χ4n) is 2.18. The van der Waals surface area contributed by atoms with E-state index in [9.17, 15) is 4.79 Å². The van der Waals surface area contributed by atoms with Crippen molar-refractivity contribution in [3.63, 3.8) is 0 Å². The zero-order valence-electron chi connectivity index (χ0n) is 12.0. The fourth-order valence-corrected chi connectivity index (χ4v) is 2.57. The largest absolute Gasteiger partial charge is 0.451 e. The van der Waals surface area contributed by atoms with Crippen LogP contribution in [0.25, 0.3) is 11.0 Å². The van der Waals surface area contributed by atoms with Crippen LogP contribution < -0.4 is 0 Å². The Bertz CT molecular complexity index is 591. The van der Waals surface area contributed by atoms with Crippen LogP contribution in [0.4, 0.5) is 0 Å². The molecule has 0 atom stereocenters. The van der Waals surface area contributed by atoms with Gasteiger partial charge in [-0.1, -0.05) is 34.0 Å². The smallest absolute Gasteiger partial charge is 0.289 e. The summed E-state index contributed by atoms with van der Waals surface area (Å²) in [7, 11) is 1.83. The van der Waals surface area contributed by atoms with Gasteiger partial charge in [-0.3, -0.25) is 4.79 Å². The van der Waals surface area contributed by atoms with E-state index < -0.39 is 0 Å². The highest BCUT2D eigenvalue weighted by Gasteiger charge is 2.16. The van der Waals surface area contributed by atoms with E-state index in [4.69, 9.17) is 4.42 Å². The van der Waals surface area contributed by atoms with Crippen molar-refractivity contribution >= 4 is 32.8 Å². The number of alkyl halides is 1. The molecule has 0 unspecified atom stereocenters. The van der Waals surface area contributed by atoms with Crippen LogP contribution in [0, 0.1) is 6.92 Å². The highest BCUT2D eigenvalue weighted by molar-refractivity contribution is 9.09. The fraction of sp³-hybridized carbons (Fsp3) is 0.438. The van der Waals surface area contributed by atoms with Crippen molar-refractivity contribution < 1.29 is 9.21 Å². The molecular formula is C16H20BrNO2. The van der Waals surface area contributed by atoms with Crippen molar-refractivity contribution in [3.8, 4) is 0 Å². The summed E-state index contributed by atoms with van der Waals surface area (Å²) in [5.41, 5.74) is 1.94. The van der Waals surface area contributed by atoms with Gasteiger partial charge in [0.05, 0.1) is 0 Å². The first-order valence-corrected chi connectivity index (χ1v) is 8.05. The predicted molar refractivity (Wildman–Crippen MR) is 85.6 cm³/mol. The molecule has 1 aromatic carbocycles. The average Bonchev–Trinajstić information content (AvgIpc) is 2.85. The second-order valence-electron chi connectivity index (χ2n) is 5.13. The van der Waals surface area contributed by atoms with Crippen molar-refractivity contribution in [1.82, 2.24) is 4.90 Å². The number of carbonyl (C=O) groups excluding carboxylic acids is 1. The highest BCUT2D eigenvalue weighted by Crippen LogP contribution is 2.21. The van der Waals surface area contributed by atoms with E-state index in [1.54, 1.807) is 4.90 Å². The number of carbonyl (C=O) groups is 1. The number of furan rings is 1. The molecule has 0 N–H and O–H groups in total. The Balaban J connectivity index is 2.03. The van der Waals surface area contributed by atoms with Gasteiger partial charge in [0, 0.05) is 24.3 Å². The third kappa shape index (κ3) is 3.63. The Morgan fingerprint density at radius 1 is 1.25 bits per heavy atom. The van der Waals surface area contributed by atoms with Crippen LogP contribution in [0.2, 0.25) is 0 Å². The minimum Gasteiger partial charge on any atom is -0.451 e. The Labute approximate surface area is 128 Å². The molecule has 1 heterocycles. The number of benzene rings is 1. The number of aryl methyl sites for hydroxylation is 1. The minimum atomic E-state index is -0.0438. The molecule has 0 fully saturated rings. The van der Waals surface area contributed by atoms with Gasteiger partial charge in [0.1, 0.15) is 5.58 Å². The maximum atomic E-state index is 12.3. The molecule has 0 radical (unpaired) electrons. The van der Waals surface area contributed by atoms with E-state index >= 15 is 0 Å². The molecule has 4 heteroatoms. The molecule has 1 amide bonds. The molecule has 2 aromatic rings. The summed E-state index contributed by atoms with van der Waals surface area (Å²) in [6.07, 6.45) is 3.29. The average molecular weight is 338 g/mol. The first kappa shape index (κ1) is 15.1. The lowest BCUT2D eigenvalue weighted by Crippen LogP contribution is -2.27. The molecule has 3 nitrogen and oxygen atoms in total. The molecule has 0 spiro atoms. The van der Waals surface area contributed by atoms with Gasteiger partial charge < -0.3 is 9.32 Å². The SMILES string of the molecule is Cc1ccc2oc(C(=O)N(C)CCCCCBr)cc2c1. The zero-order valence-corrected chi connectivity index (χ0v) is 13.6. The highest BCUT2D eigenvalue weighted by atomic mass is 79.9. The summed E-state index contributed by atoms with van der Waals surface area (Å²) in [4.78, 5) is 14.0. The number of amides is 1. The molecule has 0 bridgehead atoms. The number of nitrogens with zero attached hydrogens (tertiary/aromatic N) is 1. The van der Waals surface area contributed by atoms with Crippen molar-refractivity contribution in [2.24, 2.45) is 0 Å². The first-order valence-electron chi connectivity index (χ1n) is 6.93. The van der Waals surface area contributed by atoms with Crippen LogP contribution in [0.3, 0.4) is 0 Å². The van der Waals surface area contributed by atoms with Crippen LogP contribution in [-0.2, 0) is 0 Å². The predicted octanol–water partition coefficient (Wildman–Crippen LogP) is 4.38. The van der Waals surface area contributed by atoms with Crippen molar-refractivity contribution in [3.05, 3.63) is 35.6 Å². The summed E-state index contributed by atoms with van der Waals surface area (Å²) in [5.74, 6) is 0.381. The molecule has 0 saturated heterocycles. The first-order chi connectivity index (χ1) is 9.61.